The minimum Gasteiger partial charge on any atom is -0.455 e. The highest BCUT2D eigenvalue weighted by molar-refractivity contribution is 5.68. The number of hydrogen-bond acceptors (Lipinski definition) is 14. The van der Waals surface area contributed by atoms with Crippen molar-refractivity contribution in [3.8, 4) is 0 Å². The summed E-state index contributed by atoms with van der Waals surface area (Å²) in [6.45, 7) is 4.58. The van der Waals surface area contributed by atoms with Crippen LogP contribution in [0.4, 0.5) is 0 Å². The van der Waals surface area contributed by atoms with E-state index in [1.54, 1.807) is 0 Å². The topological polar surface area (TPSA) is 161 Å². The van der Waals surface area contributed by atoms with Crippen LogP contribution in [-0.2, 0) is 66.5 Å². The first kappa shape index (κ1) is 30.8. The van der Waals surface area contributed by atoms with Gasteiger partial charge in [0.25, 0.3) is 0 Å². The number of esters is 4. The Morgan fingerprint density at radius 1 is 0.683 bits per heavy atom. The summed E-state index contributed by atoms with van der Waals surface area (Å²) in [5, 5.41) is 0. The van der Waals surface area contributed by atoms with Crippen LogP contribution in [0.5, 0.6) is 0 Å². The quantitative estimate of drug-likeness (QED) is 0.315. The maximum absolute atomic E-state index is 12.2. The van der Waals surface area contributed by atoms with Gasteiger partial charge in [0.05, 0.1) is 13.2 Å². The minimum absolute atomic E-state index is 0.0189. The van der Waals surface area contributed by atoms with Crippen LogP contribution in [0, 0.1) is 0 Å². The predicted molar refractivity (Wildman–Crippen MR) is 133 cm³/mol. The number of rotatable bonds is 8. The van der Waals surface area contributed by atoms with E-state index < -0.39 is 85.5 Å². The number of methoxy groups -OCH3 is 1. The molecule has 0 aliphatic carbocycles. The molecule has 0 bridgehead atoms. The molecule has 226 valence electrons. The maximum atomic E-state index is 12.2. The van der Waals surface area contributed by atoms with Crippen molar-refractivity contribution in [3.05, 3.63) is 35.9 Å². The fourth-order valence-corrected chi connectivity index (χ4v) is 4.96. The van der Waals surface area contributed by atoms with E-state index >= 15 is 0 Å². The monoisotopic (exact) mass is 582 g/mol. The molecule has 3 aliphatic rings. The normalized spacial score (nSPS) is 35.0. The van der Waals surface area contributed by atoms with E-state index in [1.807, 2.05) is 30.3 Å². The maximum Gasteiger partial charge on any atom is 0.303 e. The highest BCUT2D eigenvalue weighted by Gasteiger charge is 2.56. The van der Waals surface area contributed by atoms with Gasteiger partial charge in [-0.3, -0.25) is 19.2 Å². The fourth-order valence-electron chi connectivity index (χ4n) is 4.96. The van der Waals surface area contributed by atoms with Crippen molar-refractivity contribution in [2.24, 2.45) is 0 Å². The number of fused-ring (bicyclic) bond motifs is 1. The molecule has 0 N–H and O–H groups in total. The third-order valence-electron chi connectivity index (χ3n) is 6.49. The molecule has 0 amide bonds. The van der Waals surface area contributed by atoms with Gasteiger partial charge in [-0.25, -0.2) is 0 Å². The third-order valence-corrected chi connectivity index (χ3v) is 6.49. The van der Waals surface area contributed by atoms with Crippen molar-refractivity contribution in [3.63, 3.8) is 0 Å². The second-order valence-electron chi connectivity index (χ2n) is 9.63. The molecule has 1 aromatic rings. The number of benzene rings is 1. The van der Waals surface area contributed by atoms with Gasteiger partial charge in [0.15, 0.2) is 43.3 Å². The fraction of sp³-hybridized carbons (Fsp3) is 0.630. The molecule has 0 unspecified atom stereocenters. The van der Waals surface area contributed by atoms with Crippen LogP contribution in [0.15, 0.2) is 30.3 Å². The average molecular weight is 583 g/mol. The Balaban J connectivity index is 1.63. The highest BCUT2D eigenvalue weighted by Crippen LogP contribution is 2.38. The lowest BCUT2D eigenvalue weighted by Crippen LogP contribution is -2.66. The SMILES string of the molecule is CO[C@@H]1OC[C@@H](O[C@H]2O[C@@H]3CO[C@@H](c4ccccc4)O[C@H]3[C@H](OC(C)=O)[C@@H]2OC(C)=O)[C@H](OC(C)=O)[C@H]1OC(C)=O. The first-order valence-corrected chi connectivity index (χ1v) is 13.0. The molecule has 14 heteroatoms. The first-order chi connectivity index (χ1) is 19.6. The lowest BCUT2D eigenvalue weighted by atomic mass is 9.96. The standard InChI is InChI=1S/C27H34O14/c1-13(28)35-21-19(12-34-26(32-5)23(21)37-15(3)30)40-27-24(38-16(4)31)22(36-14(2)29)20-18(39-27)11-33-25(41-20)17-9-7-6-8-10-17/h6-10,18-27H,11-12H2,1-5H3/t18-,19-,20-,21+,22+,23-,24+,25-,26-,27-/m1/s1. The van der Waals surface area contributed by atoms with Crippen LogP contribution in [0.2, 0.25) is 0 Å². The second-order valence-corrected chi connectivity index (χ2v) is 9.63. The van der Waals surface area contributed by atoms with Crippen LogP contribution in [0.3, 0.4) is 0 Å². The second kappa shape index (κ2) is 13.7. The molecule has 0 saturated carbocycles. The zero-order valence-corrected chi connectivity index (χ0v) is 23.3. The van der Waals surface area contributed by atoms with Crippen molar-refractivity contribution >= 4 is 23.9 Å². The summed E-state index contributed by atoms with van der Waals surface area (Å²) >= 11 is 0. The Bertz CT molecular complexity index is 1080. The van der Waals surface area contributed by atoms with Crippen LogP contribution in [0.1, 0.15) is 39.5 Å². The van der Waals surface area contributed by atoms with Crippen LogP contribution in [0.25, 0.3) is 0 Å². The minimum atomic E-state index is -1.37. The summed E-state index contributed by atoms with van der Waals surface area (Å²) in [7, 11) is 1.34. The number of carbonyl (C=O) groups excluding carboxylic acids is 4. The Morgan fingerprint density at radius 3 is 1.83 bits per heavy atom. The van der Waals surface area contributed by atoms with Gasteiger partial charge in [0, 0.05) is 40.4 Å². The Hall–Kier alpha value is -3.14. The molecule has 3 fully saturated rings. The van der Waals surface area contributed by atoms with Gasteiger partial charge < -0.3 is 47.4 Å². The summed E-state index contributed by atoms with van der Waals surface area (Å²) < 4.78 is 57.3. The Morgan fingerprint density at radius 2 is 1.24 bits per heavy atom. The Kier molecular flexibility index (Phi) is 10.3. The van der Waals surface area contributed by atoms with Crippen LogP contribution < -0.4 is 0 Å². The lowest BCUT2D eigenvalue weighted by molar-refractivity contribution is -0.378. The molecule has 0 radical (unpaired) electrons. The molecule has 14 nitrogen and oxygen atoms in total. The summed E-state index contributed by atoms with van der Waals surface area (Å²) in [5.41, 5.74) is 0.725. The molecule has 1 aromatic carbocycles. The van der Waals surface area contributed by atoms with E-state index in [2.05, 4.69) is 0 Å². The zero-order chi connectivity index (χ0) is 29.7. The molecule has 0 spiro atoms. The molecule has 41 heavy (non-hydrogen) atoms. The molecule has 3 heterocycles. The van der Waals surface area contributed by atoms with E-state index in [-0.39, 0.29) is 13.2 Å². The molecule has 3 aliphatic heterocycles. The summed E-state index contributed by atoms with van der Waals surface area (Å²) in [6, 6.07) is 9.12. The molecule has 0 aromatic heterocycles. The third kappa shape index (κ3) is 7.58. The Labute approximate surface area is 236 Å². The van der Waals surface area contributed by atoms with Crippen LogP contribution >= 0.6 is 0 Å². The number of carbonyl (C=O) groups is 4. The van der Waals surface area contributed by atoms with E-state index in [1.165, 1.54) is 34.8 Å². The van der Waals surface area contributed by atoms with Gasteiger partial charge in [-0.1, -0.05) is 30.3 Å². The molecular weight excluding hydrogens is 548 g/mol. The largest absolute Gasteiger partial charge is 0.455 e. The van der Waals surface area contributed by atoms with E-state index in [9.17, 15) is 19.2 Å². The van der Waals surface area contributed by atoms with Crippen molar-refractivity contribution < 1.29 is 66.5 Å². The molecule has 3 saturated heterocycles. The number of ether oxygens (including phenoxy) is 10. The van der Waals surface area contributed by atoms with Gasteiger partial charge in [-0.2, -0.15) is 0 Å². The smallest absolute Gasteiger partial charge is 0.303 e. The summed E-state index contributed by atoms with van der Waals surface area (Å²) in [5.74, 6) is -2.72. The van der Waals surface area contributed by atoms with E-state index in [4.69, 9.17) is 47.4 Å². The van der Waals surface area contributed by atoms with Crippen molar-refractivity contribution in [1.29, 1.82) is 0 Å². The van der Waals surface area contributed by atoms with Gasteiger partial charge >= 0.3 is 23.9 Å². The highest BCUT2D eigenvalue weighted by atomic mass is 16.8. The van der Waals surface area contributed by atoms with Gasteiger partial charge in [-0.05, 0) is 0 Å². The lowest BCUT2D eigenvalue weighted by Gasteiger charge is -2.49. The van der Waals surface area contributed by atoms with Gasteiger partial charge in [0.1, 0.15) is 18.3 Å². The van der Waals surface area contributed by atoms with E-state index in [0.717, 1.165) is 5.56 Å². The summed E-state index contributed by atoms with van der Waals surface area (Å²) in [4.78, 5) is 48.2. The first-order valence-electron chi connectivity index (χ1n) is 13.0. The molecule has 4 rings (SSSR count). The van der Waals surface area contributed by atoms with E-state index in [0.29, 0.717) is 0 Å². The molecular formula is C27H34O14. The van der Waals surface area contributed by atoms with Gasteiger partial charge in [-0.15, -0.1) is 0 Å². The average Bonchev–Trinajstić information content (AvgIpc) is 2.91. The van der Waals surface area contributed by atoms with Crippen molar-refractivity contribution in [1.82, 2.24) is 0 Å². The van der Waals surface area contributed by atoms with Gasteiger partial charge in [0.2, 0.25) is 0 Å². The summed E-state index contributed by atoms with van der Waals surface area (Å²) in [6.07, 6.45) is -10.9. The molecule has 10 atom stereocenters. The van der Waals surface area contributed by atoms with Crippen molar-refractivity contribution in [2.75, 3.05) is 20.3 Å². The predicted octanol–water partition coefficient (Wildman–Crippen LogP) is 0.940. The van der Waals surface area contributed by atoms with Crippen molar-refractivity contribution in [2.45, 2.75) is 89.3 Å². The zero-order valence-electron chi connectivity index (χ0n) is 23.3. The number of hydrogen-bond donors (Lipinski definition) is 0. The van der Waals surface area contributed by atoms with Crippen LogP contribution in [-0.4, -0.2) is 99.5 Å².